The van der Waals surface area contributed by atoms with Crippen molar-refractivity contribution in [3.8, 4) is 6.07 Å². The van der Waals surface area contributed by atoms with Crippen molar-refractivity contribution < 1.29 is 4.79 Å². The average Bonchev–Trinajstić information content (AvgIpc) is 2.33. The molecule has 1 fully saturated rings. The molecule has 1 aromatic rings. The van der Waals surface area contributed by atoms with Gasteiger partial charge in [-0.2, -0.15) is 10.4 Å². The zero-order chi connectivity index (χ0) is 12.5. The van der Waals surface area contributed by atoms with Crippen molar-refractivity contribution in [1.29, 1.82) is 5.26 Å². The maximum absolute atomic E-state index is 11.8. The number of aromatic nitrogens is 2. The summed E-state index contributed by atoms with van der Waals surface area (Å²) in [5, 5.41) is 19.6. The molecule has 0 atom stereocenters. The molecule has 6 heteroatoms. The summed E-state index contributed by atoms with van der Waals surface area (Å²) in [5.41, 5.74) is -0.289. The van der Waals surface area contributed by atoms with Crippen LogP contribution in [-0.4, -0.2) is 34.7 Å². The largest absolute Gasteiger partial charge is 0.352 e. The number of nitrogens with one attached hydrogen (secondary N) is 1. The summed E-state index contributed by atoms with van der Waals surface area (Å²) in [6.07, 6.45) is 1.47. The summed E-state index contributed by atoms with van der Waals surface area (Å²) < 4.78 is 0. The highest BCUT2D eigenvalue weighted by atomic mass is 16.2. The lowest BCUT2D eigenvalue weighted by molar-refractivity contribution is -0.126. The molecule has 1 N–H and O–H groups in total. The van der Waals surface area contributed by atoms with Crippen LogP contribution in [0.1, 0.15) is 19.4 Å². The summed E-state index contributed by atoms with van der Waals surface area (Å²) >= 11 is 0. The number of carbonyl (C=O) groups excluding carboxylic acids is 1. The minimum absolute atomic E-state index is 0.0710. The second kappa shape index (κ2) is 4.01. The molecular weight excluding hydrogens is 218 g/mol. The third-order valence-corrected chi connectivity index (χ3v) is 2.93. The summed E-state index contributed by atoms with van der Waals surface area (Å²) in [5.74, 6) is 0.396. The second-order valence-electron chi connectivity index (χ2n) is 4.35. The van der Waals surface area contributed by atoms with E-state index in [-0.39, 0.29) is 5.91 Å². The maximum Gasteiger partial charge on any atom is 0.245 e. The average molecular weight is 231 g/mol. The van der Waals surface area contributed by atoms with Crippen LogP contribution in [0.3, 0.4) is 0 Å². The molecule has 6 nitrogen and oxygen atoms in total. The van der Waals surface area contributed by atoms with Gasteiger partial charge in [-0.25, -0.2) is 0 Å². The Kier molecular flexibility index (Phi) is 2.68. The zero-order valence-electron chi connectivity index (χ0n) is 9.77. The van der Waals surface area contributed by atoms with Crippen molar-refractivity contribution in [3.05, 3.63) is 17.8 Å². The smallest absolute Gasteiger partial charge is 0.245 e. The Balaban J connectivity index is 2.46. The summed E-state index contributed by atoms with van der Waals surface area (Å²) in [6.45, 7) is 4.77. The molecule has 88 valence electrons. The lowest BCUT2D eigenvalue weighted by Crippen LogP contribution is -2.62. The lowest BCUT2D eigenvalue weighted by Gasteiger charge is -2.41. The number of nitrogens with zero attached hydrogens (tertiary/aromatic N) is 4. The molecule has 0 unspecified atom stereocenters. The van der Waals surface area contributed by atoms with Crippen LogP contribution in [0.2, 0.25) is 0 Å². The second-order valence-corrected chi connectivity index (χ2v) is 4.35. The van der Waals surface area contributed by atoms with E-state index in [1.807, 2.05) is 4.90 Å². The topological polar surface area (TPSA) is 81.9 Å². The number of hydrogen-bond donors (Lipinski definition) is 1. The standard InChI is InChI=1S/C11H13N5O/c1-11(2)10(17)13-5-6-16(11)9-8(7-12)3-4-14-15-9/h3-4H,5-6H2,1-2H3,(H,13,17). The van der Waals surface area contributed by atoms with E-state index in [1.165, 1.54) is 6.20 Å². The Labute approximate surface area is 99.3 Å². The number of hydrogen-bond acceptors (Lipinski definition) is 5. The molecule has 0 aromatic carbocycles. The molecule has 0 radical (unpaired) electrons. The van der Waals surface area contributed by atoms with Crippen LogP contribution in [0.25, 0.3) is 0 Å². The van der Waals surface area contributed by atoms with E-state index in [1.54, 1.807) is 19.9 Å². The number of anilines is 1. The third-order valence-electron chi connectivity index (χ3n) is 2.93. The van der Waals surface area contributed by atoms with E-state index >= 15 is 0 Å². The van der Waals surface area contributed by atoms with Crippen molar-refractivity contribution in [3.63, 3.8) is 0 Å². The van der Waals surface area contributed by atoms with Crippen LogP contribution in [-0.2, 0) is 4.79 Å². The van der Waals surface area contributed by atoms with Crippen LogP contribution in [0, 0.1) is 11.3 Å². The van der Waals surface area contributed by atoms with E-state index in [9.17, 15) is 4.79 Å². The number of nitriles is 1. The molecule has 0 bridgehead atoms. The quantitative estimate of drug-likeness (QED) is 0.739. The van der Waals surface area contributed by atoms with Crippen LogP contribution >= 0.6 is 0 Å². The van der Waals surface area contributed by atoms with Crippen molar-refractivity contribution >= 4 is 11.7 Å². The van der Waals surface area contributed by atoms with Gasteiger partial charge in [-0.05, 0) is 19.9 Å². The van der Waals surface area contributed by atoms with Crippen molar-refractivity contribution in [2.45, 2.75) is 19.4 Å². The number of rotatable bonds is 1. The summed E-state index contributed by atoms with van der Waals surface area (Å²) in [7, 11) is 0. The normalized spacial score (nSPS) is 18.4. The molecule has 1 aliphatic heterocycles. The lowest BCUT2D eigenvalue weighted by atomic mass is 9.98. The first-order chi connectivity index (χ1) is 8.07. The molecule has 1 saturated heterocycles. The third kappa shape index (κ3) is 1.80. The Hall–Kier alpha value is -2.16. The van der Waals surface area contributed by atoms with Crippen molar-refractivity contribution in [1.82, 2.24) is 15.5 Å². The Morgan fingerprint density at radius 3 is 3.06 bits per heavy atom. The molecule has 17 heavy (non-hydrogen) atoms. The maximum atomic E-state index is 11.8. The first-order valence-electron chi connectivity index (χ1n) is 5.35. The highest BCUT2D eigenvalue weighted by molar-refractivity contribution is 5.90. The van der Waals surface area contributed by atoms with Crippen molar-refractivity contribution in [2.24, 2.45) is 0 Å². The molecule has 1 aromatic heterocycles. The fourth-order valence-electron chi connectivity index (χ4n) is 1.88. The Morgan fingerprint density at radius 1 is 1.59 bits per heavy atom. The van der Waals surface area contributed by atoms with E-state index in [0.717, 1.165) is 0 Å². The molecule has 2 rings (SSSR count). The fraction of sp³-hybridized carbons (Fsp3) is 0.455. The van der Waals surface area contributed by atoms with Gasteiger partial charge in [0.05, 0.1) is 11.8 Å². The van der Waals surface area contributed by atoms with Gasteiger partial charge < -0.3 is 10.2 Å². The minimum Gasteiger partial charge on any atom is -0.352 e. The van der Waals surface area contributed by atoms with Crippen molar-refractivity contribution in [2.75, 3.05) is 18.0 Å². The van der Waals surface area contributed by atoms with Gasteiger partial charge in [-0.3, -0.25) is 4.79 Å². The van der Waals surface area contributed by atoms with Crippen LogP contribution in [0.15, 0.2) is 12.3 Å². The van der Waals surface area contributed by atoms with Crippen LogP contribution in [0.4, 0.5) is 5.82 Å². The zero-order valence-corrected chi connectivity index (χ0v) is 9.77. The Morgan fingerprint density at radius 2 is 2.35 bits per heavy atom. The highest BCUT2D eigenvalue weighted by Gasteiger charge is 2.39. The van der Waals surface area contributed by atoms with Gasteiger partial charge in [0.25, 0.3) is 0 Å². The number of piperazine rings is 1. The molecule has 0 spiro atoms. The first-order valence-corrected chi connectivity index (χ1v) is 5.35. The molecule has 0 saturated carbocycles. The molecule has 1 aliphatic rings. The van der Waals surface area contributed by atoms with E-state index in [0.29, 0.717) is 24.5 Å². The summed E-state index contributed by atoms with van der Waals surface area (Å²) in [4.78, 5) is 13.6. The Bertz CT molecular complexity index is 491. The molecule has 2 heterocycles. The predicted octanol–water partition coefficient (Wildman–Crippen LogP) is 0.0631. The monoisotopic (exact) mass is 231 g/mol. The van der Waals surface area contributed by atoms with Crippen LogP contribution < -0.4 is 10.2 Å². The van der Waals surface area contributed by atoms with Gasteiger partial charge in [-0.15, -0.1) is 5.10 Å². The van der Waals surface area contributed by atoms with E-state index in [2.05, 4.69) is 21.6 Å². The molecular formula is C11H13N5O. The molecule has 0 aliphatic carbocycles. The SMILES string of the molecule is CC1(C)C(=O)NCCN1c1nnccc1C#N. The highest BCUT2D eigenvalue weighted by Crippen LogP contribution is 2.26. The van der Waals surface area contributed by atoms with E-state index in [4.69, 9.17) is 5.26 Å². The van der Waals surface area contributed by atoms with Gasteiger partial charge in [0, 0.05) is 13.1 Å². The predicted molar refractivity (Wildman–Crippen MR) is 61.2 cm³/mol. The van der Waals surface area contributed by atoms with Gasteiger partial charge in [0.2, 0.25) is 5.91 Å². The van der Waals surface area contributed by atoms with Gasteiger partial charge >= 0.3 is 0 Å². The minimum atomic E-state index is -0.722. The molecule has 1 amide bonds. The fourth-order valence-corrected chi connectivity index (χ4v) is 1.88. The number of carbonyl (C=O) groups is 1. The van der Waals surface area contributed by atoms with Gasteiger partial charge in [0.1, 0.15) is 11.6 Å². The van der Waals surface area contributed by atoms with Gasteiger partial charge in [0.15, 0.2) is 5.82 Å². The first kappa shape index (κ1) is 11.3. The van der Waals surface area contributed by atoms with E-state index < -0.39 is 5.54 Å². The van der Waals surface area contributed by atoms with Gasteiger partial charge in [-0.1, -0.05) is 0 Å². The summed E-state index contributed by atoms with van der Waals surface area (Å²) in [6, 6.07) is 3.67. The van der Waals surface area contributed by atoms with Crippen LogP contribution in [0.5, 0.6) is 0 Å². The number of amides is 1.